The summed E-state index contributed by atoms with van der Waals surface area (Å²) in [5, 5.41) is 9.56. The normalized spacial score (nSPS) is 12.7. The van der Waals surface area contributed by atoms with E-state index in [1.165, 1.54) is 0 Å². The second-order valence-electron chi connectivity index (χ2n) is 3.95. The monoisotopic (exact) mass is 347 g/mol. The first-order valence-electron chi connectivity index (χ1n) is 5.58. The van der Waals surface area contributed by atoms with E-state index in [1.54, 1.807) is 16.8 Å². The molecular weight excluding hydrogens is 337 g/mol. The van der Waals surface area contributed by atoms with Crippen molar-refractivity contribution in [2.45, 2.75) is 24.7 Å². The van der Waals surface area contributed by atoms with Crippen LogP contribution in [0.25, 0.3) is 0 Å². The number of alkyl halides is 1. The minimum Gasteiger partial charge on any atom is -0.248 e. The van der Waals surface area contributed by atoms with Crippen LogP contribution in [0, 0.1) is 0 Å². The molecule has 0 aliphatic heterocycles. The van der Waals surface area contributed by atoms with Gasteiger partial charge in [-0.25, -0.2) is 4.68 Å². The van der Waals surface area contributed by atoms with Crippen LogP contribution in [0.5, 0.6) is 0 Å². The summed E-state index contributed by atoms with van der Waals surface area (Å²) in [6, 6.07) is 5.40. The largest absolute Gasteiger partial charge is 0.248 e. The Kier molecular flexibility index (Phi) is 4.65. The molecule has 1 aromatic heterocycles. The maximum Gasteiger partial charge on any atom is 0.0963 e. The van der Waals surface area contributed by atoms with E-state index in [2.05, 4.69) is 33.2 Å². The molecule has 3 nitrogen and oxygen atoms in total. The van der Waals surface area contributed by atoms with Crippen molar-refractivity contribution in [1.29, 1.82) is 0 Å². The Bertz CT molecular complexity index is 542. The third-order valence-corrected chi connectivity index (χ3v) is 4.30. The third-order valence-electron chi connectivity index (χ3n) is 2.58. The molecule has 0 bridgehead atoms. The zero-order chi connectivity index (χ0) is 13.1. The van der Waals surface area contributed by atoms with Crippen LogP contribution >= 0.6 is 39.1 Å². The molecule has 0 saturated heterocycles. The van der Waals surface area contributed by atoms with E-state index in [9.17, 15) is 0 Å². The first-order chi connectivity index (χ1) is 8.60. The number of halogens is 3. The lowest BCUT2D eigenvalue weighted by molar-refractivity contribution is 0.649. The van der Waals surface area contributed by atoms with E-state index >= 15 is 0 Å². The van der Waals surface area contributed by atoms with Crippen molar-refractivity contribution in [3.63, 3.8) is 0 Å². The molecule has 0 aliphatic carbocycles. The first-order valence-corrected chi connectivity index (χ1v) is 7.25. The minimum atomic E-state index is 0.237. The third kappa shape index (κ3) is 3.25. The van der Waals surface area contributed by atoms with Crippen LogP contribution in [0.2, 0.25) is 10.0 Å². The Morgan fingerprint density at radius 2 is 2.17 bits per heavy atom. The summed E-state index contributed by atoms with van der Waals surface area (Å²) in [5.74, 6) is 0. The van der Waals surface area contributed by atoms with Gasteiger partial charge in [0.25, 0.3) is 0 Å². The first kappa shape index (κ1) is 13.8. The van der Waals surface area contributed by atoms with Gasteiger partial charge < -0.3 is 0 Å². The van der Waals surface area contributed by atoms with Crippen molar-refractivity contribution in [3.05, 3.63) is 45.7 Å². The summed E-state index contributed by atoms with van der Waals surface area (Å²) in [4.78, 5) is 0.237. The highest BCUT2D eigenvalue weighted by Gasteiger charge is 2.10. The molecule has 0 amide bonds. The molecule has 0 N–H and O–H groups in total. The topological polar surface area (TPSA) is 30.7 Å². The molecular formula is C12H12BrCl2N3. The fraction of sp³-hybridized carbons (Fsp3) is 0.333. The van der Waals surface area contributed by atoms with Gasteiger partial charge in [0, 0.05) is 16.2 Å². The van der Waals surface area contributed by atoms with Gasteiger partial charge in [0.05, 0.1) is 17.1 Å². The Balaban J connectivity index is 2.18. The fourth-order valence-electron chi connectivity index (χ4n) is 1.58. The fourth-order valence-corrected chi connectivity index (χ4v) is 2.16. The Morgan fingerprint density at radius 3 is 2.89 bits per heavy atom. The van der Waals surface area contributed by atoms with Crippen molar-refractivity contribution < 1.29 is 0 Å². The van der Waals surface area contributed by atoms with Crippen LogP contribution in [0.4, 0.5) is 0 Å². The van der Waals surface area contributed by atoms with Gasteiger partial charge in [0.15, 0.2) is 0 Å². The summed E-state index contributed by atoms with van der Waals surface area (Å²) in [6.07, 6.45) is 2.89. The number of aromatic nitrogens is 3. The van der Waals surface area contributed by atoms with Gasteiger partial charge >= 0.3 is 0 Å². The average molecular weight is 349 g/mol. The highest BCUT2D eigenvalue weighted by molar-refractivity contribution is 9.09. The van der Waals surface area contributed by atoms with Crippen molar-refractivity contribution >= 4 is 39.1 Å². The zero-order valence-corrected chi connectivity index (χ0v) is 12.9. The molecule has 96 valence electrons. The summed E-state index contributed by atoms with van der Waals surface area (Å²) in [5.41, 5.74) is 1.86. The minimum absolute atomic E-state index is 0.237. The van der Waals surface area contributed by atoms with E-state index in [0.717, 1.165) is 17.7 Å². The van der Waals surface area contributed by atoms with Crippen LogP contribution in [0.15, 0.2) is 24.4 Å². The zero-order valence-electron chi connectivity index (χ0n) is 9.78. The number of hydrogen-bond acceptors (Lipinski definition) is 2. The molecule has 0 spiro atoms. The number of rotatable bonds is 4. The van der Waals surface area contributed by atoms with Crippen LogP contribution in [0.3, 0.4) is 0 Å². The van der Waals surface area contributed by atoms with Gasteiger partial charge in [0.1, 0.15) is 0 Å². The number of nitrogens with zero attached hydrogens (tertiary/aromatic N) is 3. The lowest BCUT2D eigenvalue weighted by Crippen LogP contribution is -2.01. The van der Waals surface area contributed by atoms with Gasteiger partial charge in [0.2, 0.25) is 0 Å². The van der Waals surface area contributed by atoms with Crippen molar-refractivity contribution in [2.75, 3.05) is 0 Å². The smallest absolute Gasteiger partial charge is 0.0963 e. The van der Waals surface area contributed by atoms with Crippen molar-refractivity contribution in [3.8, 4) is 0 Å². The van der Waals surface area contributed by atoms with Crippen LogP contribution in [-0.2, 0) is 6.54 Å². The second kappa shape index (κ2) is 6.04. The number of benzene rings is 1. The molecule has 0 saturated carbocycles. The van der Waals surface area contributed by atoms with Gasteiger partial charge in [-0.2, -0.15) is 0 Å². The van der Waals surface area contributed by atoms with Crippen LogP contribution in [-0.4, -0.2) is 15.0 Å². The second-order valence-corrected chi connectivity index (χ2v) is 5.90. The Labute approximate surface area is 124 Å². The van der Waals surface area contributed by atoms with E-state index in [-0.39, 0.29) is 4.83 Å². The van der Waals surface area contributed by atoms with E-state index in [1.807, 2.05) is 12.3 Å². The van der Waals surface area contributed by atoms with E-state index < -0.39 is 0 Å². The number of hydrogen-bond donors (Lipinski definition) is 0. The molecule has 18 heavy (non-hydrogen) atoms. The highest BCUT2D eigenvalue weighted by atomic mass is 79.9. The van der Waals surface area contributed by atoms with Crippen LogP contribution in [0.1, 0.15) is 29.4 Å². The van der Waals surface area contributed by atoms with Gasteiger partial charge in [-0.3, -0.25) is 0 Å². The molecule has 0 fully saturated rings. The molecule has 2 aromatic rings. The molecule has 6 heteroatoms. The van der Waals surface area contributed by atoms with E-state index in [4.69, 9.17) is 23.2 Å². The lowest BCUT2D eigenvalue weighted by atomic mass is 10.2. The standard InChI is InChI=1S/C12H12BrCl2N3/c1-2-10(13)12-7-18(17-16-12)6-8-5-9(14)3-4-11(8)15/h3-5,7,10H,2,6H2,1H3. The van der Waals surface area contributed by atoms with Crippen molar-refractivity contribution in [2.24, 2.45) is 0 Å². The quantitative estimate of drug-likeness (QED) is 0.762. The van der Waals surface area contributed by atoms with Gasteiger partial charge in [-0.15, -0.1) is 5.10 Å². The lowest BCUT2D eigenvalue weighted by Gasteiger charge is -2.04. The maximum absolute atomic E-state index is 6.11. The summed E-state index contributed by atoms with van der Waals surface area (Å²) in [7, 11) is 0. The Hall–Kier alpha value is -0.580. The molecule has 1 aromatic carbocycles. The summed E-state index contributed by atoms with van der Waals surface area (Å²) < 4.78 is 1.76. The highest BCUT2D eigenvalue weighted by Crippen LogP contribution is 2.24. The SMILES string of the molecule is CCC(Br)c1cn(Cc2cc(Cl)ccc2Cl)nn1. The van der Waals surface area contributed by atoms with Gasteiger partial charge in [-0.1, -0.05) is 51.3 Å². The van der Waals surface area contributed by atoms with E-state index in [0.29, 0.717) is 16.6 Å². The molecule has 0 radical (unpaired) electrons. The molecule has 1 heterocycles. The Morgan fingerprint density at radius 1 is 1.39 bits per heavy atom. The van der Waals surface area contributed by atoms with Gasteiger partial charge in [-0.05, 0) is 30.2 Å². The summed E-state index contributed by atoms with van der Waals surface area (Å²) in [6.45, 7) is 2.65. The predicted molar refractivity (Wildman–Crippen MR) is 77.5 cm³/mol. The molecule has 0 aliphatic rings. The summed E-state index contributed by atoms with van der Waals surface area (Å²) >= 11 is 15.6. The molecule has 1 unspecified atom stereocenters. The van der Waals surface area contributed by atoms with Crippen LogP contribution < -0.4 is 0 Å². The average Bonchev–Trinajstić information content (AvgIpc) is 2.81. The predicted octanol–water partition coefficient (Wildman–Crippen LogP) is 4.48. The maximum atomic E-state index is 6.11. The molecule has 1 atom stereocenters. The van der Waals surface area contributed by atoms with Crippen molar-refractivity contribution in [1.82, 2.24) is 15.0 Å². The molecule has 2 rings (SSSR count).